The van der Waals surface area contributed by atoms with Gasteiger partial charge in [0.2, 0.25) is 0 Å². The Labute approximate surface area is 166 Å². The maximum atomic E-state index is 13.0. The maximum Gasteiger partial charge on any atom is 0.256 e. The van der Waals surface area contributed by atoms with Crippen LogP contribution < -0.4 is 15.2 Å². The Balaban J connectivity index is 2.03. The predicted octanol–water partition coefficient (Wildman–Crippen LogP) is 2.79. The van der Waals surface area contributed by atoms with Crippen LogP contribution >= 0.6 is 0 Å². The summed E-state index contributed by atoms with van der Waals surface area (Å²) in [5.41, 5.74) is 6.84. The lowest BCUT2D eigenvalue weighted by atomic mass is 10.0. The number of amides is 1. The van der Waals surface area contributed by atoms with Crippen LogP contribution in [0.2, 0.25) is 0 Å². The number of likely N-dealkylation sites (tertiary alicyclic amines) is 1. The van der Waals surface area contributed by atoms with Crippen LogP contribution in [0.1, 0.15) is 62.2 Å². The SMILES string of the molecule is COc1cc(C(=O)N2CCCC[C@H]2CO)c(N)cc1OCCCCCC(C)=O. The quantitative estimate of drug-likeness (QED) is 0.469. The van der Waals surface area contributed by atoms with E-state index in [-0.39, 0.29) is 24.3 Å². The van der Waals surface area contributed by atoms with E-state index in [4.69, 9.17) is 15.2 Å². The van der Waals surface area contributed by atoms with Gasteiger partial charge in [-0.15, -0.1) is 0 Å². The molecule has 1 saturated heterocycles. The summed E-state index contributed by atoms with van der Waals surface area (Å²) >= 11 is 0. The molecule has 156 valence electrons. The average molecular weight is 392 g/mol. The Hall–Kier alpha value is -2.28. The zero-order chi connectivity index (χ0) is 20.5. The molecule has 0 saturated carbocycles. The molecule has 0 unspecified atom stereocenters. The van der Waals surface area contributed by atoms with Crippen LogP contribution in [0.4, 0.5) is 5.69 Å². The lowest BCUT2D eigenvalue weighted by Gasteiger charge is -2.35. The molecule has 1 aromatic rings. The van der Waals surface area contributed by atoms with Crippen molar-refractivity contribution < 1.29 is 24.2 Å². The van der Waals surface area contributed by atoms with Crippen molar-refractivity contribution in [2.45, 2.75) is 57.9 Å². The van der Waals surface area contributed by atoms with Crippen molar-refractivity contribution in [2.75, 3.05) is 32.6 Å². The number of anilines is 1. The fraction of sp³-hybridized carbons (Fsp3) is 0.619. The largest absolute Gasteiger partial charge is 0.493 e. The van der Waals surface area contributed by atoms with Crippen molar-refractivity contribution in [3.63, 3.8) is 0 Å². The van der Waals surface area contributed by atoms with Gasteiger partial charge in [-0.3, -0.25) is 4.79 Å². The Morgan fingerprint density at radius 1 is 1.21 bits per heavy atom. The number of nitrogens with zero attached hydrogens (tertiary/aromatic N) is 1. The second-order valence-electron chi connectivity index (χ2n) is 7.28. The molecule has 0 aromatic heterocycles. The van der Waals surface area contributed by atoms with Crippen molar-refractivity contribution in [3.8, 4) is 11.5 Å². The molecular formula is C21H32N2O5. The Bertz CT molecular complexity index is 677. The van der Waals surface area contributed by atoms with Gasteiger partial charge in [0.05, 0.1) is 31.9 Å². The zero-order valence-electron chi connectivity index (χ0n) is 16.9. The van der Waals surface area contributed by atoms with E-state index in [2.05, 4.69) is 0 Å². The smallest absolute Gasteiger partial charge is 0.256 e. The van der Waals surface area contributed by atoms with Gasteiger partial charge in [-0.2, -0.15) is 0 Å². The van der Waals surface area contributed by atoms with Gasteiger partial charge in [0.1, 0.15) is 5.78 Å². The first kappa shape index (κ1) is 22.0. The highest BCUT2D eigenvalue weighted by Gasteiger charge is 2.28. The fourth-order valence-corrected chi connectivity index (χ4v) is 3.48. The third kappa shape index (κ3) is 5.86. The number of ketones is 1. The van der Waals surface area contributed by atoms with E-state index >= 15 is 0 Å². The van der Waals surface area contributed by atoms with Gasteiger partial charge in [0.25, 0.3) is 5.91 Å². The second kappa shape index (κ2) is 10.9. The number of unbranched alkanes of at least 4 members (excludes halogenated alkanes) is 2. The topological polar surface area (TPSA) is 102 Å². The number of hydrogen-bond acceptors (Lipinski definition) is 6. The van der Waals surface area contributed by atoms with E-state index in [9.17, 15) is 14.7 Å². The van der Waals surface area contributed by atoms with Gasteiger partial charge in [0, 0.05) is 24.7 Å². The molecule has 0 spiro atoms. The van der Waals surface area contributed by atoms with Crippen LogP contribution in [-0.4, -0.2) is 54.6 Å². The zero-order valence-corrected chi connectivity index (χ0v) is 16.9. The number of nitrogens with two attached hydrogens (primary N) is 1. The molecule has 1 aliphatic rings. The Kier molecular flexibility index (Phi) is 8.57. The predicted molar refractivity (Wildman–Crippen MR) is 108 cm³/mol. The van der Waals surface area contributed by atoms with Crippen LogP contribution in [0, 0.1) is 0 Å². The third-order valence-electron chi connectivity index (χ3n) is 5.10. The van der Waals surface area contributed by atoms with Gasteiger partial charge < -0.3 is 30.0 Å². The van der Waals surface area contributed by atoms with Gasteiger partial charge in [-0.05, 0) is 51.5 Å². The van der Waals surface area contributed by atoms with Crippen molar-refractivity contribution in [1.29, 1.82) is 0 Å². The molecule has 7 heteroatoms. The molecule has 1 aromatic carbocycles. The van der Waals surface area contributed by atoms with Crippen LogP contribution in [0.25, 0.3) is 0 Å². The molecule has 0 aliphatic carbocycles. The second-order valence-corrected chi connectivity index (χ2v) is 7.28. The van der Waals surface area contributed by atoms with Gasteiger partial charge in [-0.25, -0.2) is 0 Å². The number of hydrogen-bond donors (Lipinski definition) is 2. The van der Waals surface area contributed by atoms with Crippen molar-refractivity contribution in [3.05, 3.63) is 17.7 Å². The number of aliphatic hydroxyl groups is 1. The number of carbonyl (C=O) groups is 2. The van der Waals surface area contributed by atoms with E-state index in [0.29, 0.717) is 42.3 Å². The summed E-state index contributed by atoms with van der Waals surface area (Å²) in [6.45, 7) is 2.65. The molecule has 7 nitrogen and oxygen atoms in total. The minimum absolute atomic E-state index is 0.0480. The van der Waals surface area contributed by atoms with Gasteiger partial charge >= 0.3 is 0 Å². The maximum absolute atomic E-state index is 13.0. The van der Waals surface area contributed by atoms with Gasteiger partial charge in [0.15, 0.2) is 11.5 Å². The summed E-state index contributed by atoms with van der Waals surface area (Å²) in [5.74, 6) is 0.970. The molecule has 3 N–H and O–H groups in total. The lowest BCUT2D eigenvalue weighted by Crippen LogP contribution is -2.45. The molecule has 2 rings (SSSR count). The van der Waals surface area contributed by atoms with Gasteiger partial charge in [-0.1, -0.05) is 0 Å². The average Bonchev–Trinajstić information content (AvgIpc) is 2.69. The number of nitrogen functional groups attached to an aromatic ring is 1. The van der Waals surface area contributed by atoms with E-state index in [1.54, 1.807) is 24.0 Å². The Morgan fingerprint density at radius 2 is 2.00 bits per heavy atom. The molecule has 0 bridgehead atoms. The standard InChI is InChI=1S/C21H32N2O5/c1-15(25)8-4-3-7-11-28-20-13-18(22)17(12-19(20)27-2)21(26)23-10-6-5-9-16(23)14-24/h12-13,16,24H,3-11,14,22H2,1-2H3/t16-/m0/s1. The molecular weight excluding hydrogens is 360 g/mol. The minimum Gasteiger partial charge on any atom is -0.493 e. The molecule has 0 radical (unpaired) electrons. The van der Waals surface area contributed by atoms with Crippen LogP contribution in [0.5, 0.6) is 11.5 Å². The number of Topliss-reactive ketones (excluding diaryl/α,β-unsaturated/α-hetero) is 1. The number of ether oxygens (including phenoxy) is 2. The summed E-state index contributed by atoms with van der Waals surface area (Å²) in [6, 6.07) is 3.07. The number of aliphatic hydroxyl groups excluding tert-OH is 1. The number of benzene rings is 1. The molecule has 28 heavy (non-hydrogen) atoms. The summed E-state index contributed by atoms with van der Waals surface area (Å²) in [7, 11) is 1.52. The Morgan fingerprint density at radius 3 is 2.68 bits per heavy atom. The summed E-state index contributed by atoms with van der Waals surface area (Å²) in [5, 5.41) is 9.57. The molecule has 1 amide bonds. The van der Waals surface area contributed by atoms with Crippen LogP contribution in [-0.2, 0) is 4.79 Å². The first-order chi connectivity index (χ1) is 13.5. The van der Waals surface area contributed by atoms with Crippen LogP contribution in [0.3, 0.4) is 0 Å². The monoisotopic (exact) mass is 392 g/mol. The molecule has 1 atom stereocenters. The fourth-order valence-electron chi connectivity index (χ4n) is 3.48. The van der Waals surface area contributed by atoms with Crippen LogP contribution in [0.15, 0.2) is 12.1 Å². The highest BCUT2D eigenvalue weighted by atomic mass is 16.5. The highest BCUT2D eigenvalue weighted by molar-refractivity contribution is 6.00. The number of rotatable bonds is 10. The number of piperidine rings is 1. The first-order valence-corrected chi connectivity index (χ1v) is 9.99. The summed E-state index contributed by atoms with van der Waals surface area (Å²) in [4.78, 5) is 25.6. The highest BCUT2D eigenvalue weighted by Crippen LogP contribution is 2.34. The lowest BCUT2D eigenvalue weighted by molar-refractivity contribution is -0.117. The van der Waals surface area contributed by atoms with E-state index in [0.717, 1.165) is 38.5 Å². The van der Waals surface area contributed by atoms with E-state index in [1.807, 2.05) is 0 Å². The first-order valence-electron chi connectivity index (χ1n) is 9.99. The minimum atomic E-state index is -0.190. The van der Waals surface area contributed by atoms with E-state index < -0.39 is 0 Å². The van der Waals surface area contributed by atoms with Crippen molar-refractivity contribution >= 4 is 17.4 Å². The molecule has 1 fully saturated rings. The summed E-state index contributed by atoms with van der Waals surface area (Å²) in [6.07, 6.45) is 5.90. The molecule has 1 aliphatic heterocycles. The molecule has 1 heterocycles. The number of carbonyl (C=O) groups excluding carboxylic acids is 2. The number of methoxy groups -OCH3 is 1. The normalized spacial score (nSPS) is 16.7. The van der Waals surface area contributed by atoms with E-state index in [1.165, 1.54) is 7.11 Å². The van der Waals surface area contributed by atoms with Crippen molar-refractivity contribution in [2.24, 2.45) is 0 Å². The third-order valence-corrected chi connectivity index (χ3v) is 5.10. The summed E-state index contributed by atoms with van der Waals surface area (Å²) < 4.78 is 11.2. The van der Waals surface area contributed by atoms with Crippen molar-refractivity contribution in [1.82, 2.24) is 4.90 Å².